The molecule has 1 aliphatic heterocycles. The predicted octanol–water partition coefficient (Wildman–Crippen LogP) is -1.75. The number of aromatic nitrogens is 2. The van der Waals surface area contributed by atoms with Crippen LogP contribution in [0, 0.1) is 0 Å². The van der Waals surface area contributed by atoms with Gasteiger partial charge in [-0.3, -0.25) is 14.1 Å². The lowest BCUT2D eigenvalue weighted by Crippen LogP contribution is -2.38. The maximum absolute atomic E-state index is 12.2. The number of pyridine rings is 1. The van der Waals surface area contributed by atoms with E-state index in [0.717, 1.165) is 0 Å². The van der Waals surface area contributed by atoms with Crippen molar-refractivity contribution < 1.29 is 13.7 Å². The quantitative estimate of drug-likeness (QED) is 0.298. The van der Waals surface area contributed by atoms with Gasteiger partial charge in [0, 0.05) is 22.2 Å². The van der Waals surface area contributed by atoms with Crippen molar-refractivity contribution >= 4 is 39.1 Å². The molecule has 3 heterocycles. The minimum atomic E-state index is -2.71. The molecule has 0 amide bonds. The Balaban J connectivity index is 2.09. The zero-order chi connectivity index (χ0) is 15.6. The van der Waals surface area contributed by atoms with E-state index in [0.29, 0.717) is 27.0 Å². The van der Waals surface area contributed by atoms with Crippen LogP contribution in [0.4, 0.5) is 0 Å². The molecular weight excluding hydrogens is 306 g/mol. The first-order chi connectivity index (χ1) is 10.4. The fourth-order valence-electron chi connectivity index (χ4n) is 3.10. The molecule has 4 N–H and O–H groups in total. The van der Waals surface area contributed by atoms with Gasteiger partial charge < -0.3 is 14.7 Å². The van der Waals surface area contributed by atoms with Crippen molar-refractivity contribution in [1.82, 2.24) is 9.97 Å². The minimum absolute atomic E-state index is 0.209. The summed E-state index contributed by atoms with van der Waals surface area (Å²) in [4.78, 5) is 29.8. The SMILES string of the molecule is CCOC(=O)c1c[nH]c2c(=O)[nH]c3c(c12)=CC1C(C=3)[SH]1(N)=O. The van der Waals surface area contributed by atoms with E-state index in [2.05, 4.69) is 9.97 Å². The maximum Gasteiger partial charge on any atom is 0.340 e. The van der Waals surface area contributed by atoms with Crippen LogP contribution in [0.3, 0.4) is 0 Å². The summed E-state index contributed by atoms with van der Waals surface area (Å²) in [5, 5.41) is 7.12. The number of thiol groups is 1. The first kappa shape index (κ1) is 13.5. The van der Waals surface area contributed by atoms with Gasteiger partial charge in [0.1, 0.15) is 5.52 Å². The van der Waals surface area contributed by atoms with Gasteiger partial charge in [-0.2, -0.15) is 0 Å². The van der Waals surface area contributed by atoms with Crippen LogP contribution in [0.2, 0.25) is 0 Å². The molecule has 1 aliphatic carbocycles. The number of hydrogen-bond donors (Lipinski definition) is 4. The number of carbonyl (C=O) groups excluding carboxylic acids is 1. The van der Waals surface area contributed by atoms with Gasteiger partial charge in [0.25, 0.3) is 5.56 Å². The fraction of sp³-hybridized carbons (Fsp3) is 0.286. The summed E-state index contributed by atoms with van der Waals surface area (Å²) in [6.45, 7) is 1.96. The normalized spacial score (nSPS) is 25.4. The Morgan fingerprint density at radius 2 is 2.14 bits per heavy atom. The van der Waals surface area contributed by atoms with Crippen molar-refractivity contribution in [3.05, 3.63) is 32.7 Å². The number of nitrogens with two attached hydrogens (primary N) is 1. The number of ether oxygens (including phenoxy) is 1. The van der Waals surface area contributed by atoms with Crippen molar-refractivity contribution in [1.29, 1.82) is 0 Å². The molecule has 0 aromatic carbocycles. The summed E-state index contributed by atoms with van der Waals surface area (Å²) in [6, 6.07) is 0. The molecule has 2 unspecified atom stereocenters. The van der Waals surface area contributed by atoms with Crippen LogP contribution in [-0.4, -0.2) is 37.3 Å². The Morgan fingerprint density at radius 3 is 2.86 bits per heavy atom. The van der Waals surface area contributed by atoms with Gasteiger partial charge in [0.2, 0.25) is 0 Å². The van der Waals surface area contributed by atoms with Gasteiger partial charge in [-0.1, -0.05) is 6.08 Å². The molecule has 22 heavy (non-hydrogen) atoms. The van der Waals surface area contributed by atoms with Gasteiger partial charge in [0.05, 0.1) is 22.7 Å². The lowest BCUT2D eigenvalue weighted by Gasteiger charge is -2.03. The summed E-state index contributed by atoms with van der Waals surface area (Å²) in [6.07, 6.45) is 5.01. The predicted molar refractivity (Wildman–Crippen MR) is 84.4 cm³/mol. The third-order valence-corrected chi connectivity index (χ3v) is 6.74. The summed E-state index contributed by atoms with van der Waals surface area (Å²) in [7, 11) is -2.71. The van der Waals surface area contributed by atoms with Gasteiger partial charge in [-0.05, 0) is 23.1 Å². The second-order valence-electron chi connectivity index (χ2n) is 5.53. The fourth-order valence-corrected chi connectivity index (χ4v) is 5.20. The number of carbonyl (C=O) groups is 1. The largest absolute Gasteiger partial charge is 0.462 e. The van der Waals surface area contributed by atoms with Crippen LogP contribution in [0.1, 0.15) is 17.3 Å². The Hall–Kier alpha value is -2.19. The topological polar surface area (TPSA) is 118 Å². The molecule has 1 fully saturated rings. The van der Waals surface area contributed by atoms with Crippen molar-refractivity contribution in [3.63, 3.8) is 0 Å². The van der Waals surface area contributed by atoms with Gasteiger partial charge in [-0.25, -0.2) is 4.79 Å². The van der Waals surface area contributed by atoms with E-state index in [1.807, 2.05) is 0 Å². The molecule has 2 aliphatic rings. The number of nitrogens with one attached hydrogen (secondary N) is 2. The zero-order valence-corrected chi connectivity index (χ0v) is 12.6. The molecule has 0 spiro atoms. The molecule has 2 aromatic heterocycles. The van der Waals surface area contributed by atoms with Crippen molar-refractivity contribution in [3.8, 4) is 0 Å². The highest BCUT2D eigenvalue weighted by molar-refractivity contribution is 8.09. The molecular formula is C14H15N3O4S. The maximum atomic E-state index is 12.2. The third-order valence-electron chi connectivity index (χ3n) is 4.28. The number of rotatable bonds is 2. The van der Waals surface area contributed by atoms with E-state index < -0.39 is 16.1 Å². The van der Waals surface area contributed by atoms with Crippen LogP contribution in [0.15, 0.2) is 11.0 Å². The smallest absolute Gasteiger partial charge is 0.340 e. The van der Waals surface area contributed by atoms with Crippen LogP contribution in [0.25, 0.3) is 23.1 Å². The summed E-state index contributed by atoms with van der Waals surface area (Å²) in [5.74, 6) is -0.496. The summed E-state index contributed by atoms with van der Waals surface area (Å²) >= 11 is 0. The molecule has 116 valence electrons. The van der Waals surface area contributed by atoms with Gasteiger partial charge in [0.15, 0.2) is 0 Å². The number of hydrogen-bond acceptors (Lipinski definition) is 4. The lowest BCUT2D eigenvalue weighted by atomic mass is 10.1. The summed E-state index contributed by atoms with van der Waals surface area (Å²) < 4.78 is 17.2. The second kappa shape index (κ2) is 4.17. The molecule has 7 nitrogen and oxygen atoms in total. The molecule has 8 heteroatoms. The van der Waals surface area contributed by atoms with E-state index >= 15 is 0 Å². The Labute approximate surface area is 125 Å². The van der Waals surface area contributed by atoms with E-state index in [9.17, 15) is 13.8 Å². The highest BCUT2D eigenvalue weighted by Crippen LogP contribution is 2.39. The minimum Gasteiger partial charge on any atom is -0.462 e. The Bertz CT molecular complexity index is 1050. The molecule has 2 atom stereocenters. The van der Waals surface area contributed by atoms with E-state index in [-0.39, 0.29) is 22.7 Å². The van der Waals surface area contributed by atoms with E-state index in [4.69, 9.17) is 9.88 Å². The number of fused-ring (bicyclic) bond motifs is 4. The molecule has 4 rings (SSSR count). The molecule has 1 saturated heterocycles. The molecule has 0 radical (unpaired) electrons. The van der Waals surface area contributed by atoms with Crippen LogP contribution in [-0.2, 0) is 14.9 Å². The average molecular weight is 321 g/mol. The van der Waals surface area contributed by atoms with Crippen molar-refractivity contribution in [2.75, 3.05) is 6.61 Å². The van der Waals surface area contributed by atoms with Gasteiger partial charge >= 0.3 is 5.97 Å². The molecule has 0 saturated carbocycles. The monoisotopic (exact) mass is 321 g/mol. The highest BCUT2D eigenvalue weighted by atomic mass is 32.3. The zero-order valence-electron chi connectivity index (χ0n) is 11.8. The number of H-pyrrole nitrogens is 2. The number of aromatic amines is 2. The highest BCUT2D eigenvalue weighted by Gasteiger charge is 2.52. The van der Waals surface area contributed by atoms with Crippen LogP contribution in [0.5, 0.6) is 0 Å². The van der Waals surface area contributed by atoms with E-state index in [1.54, 1.807) is 19.1 Å². The van der Waals surface area contributed by atoms with Crippen molar-refractivity contribution in [2.24, 2.45) is 5.14 Å². The molecule has 2 aromatic rings. The second-order valence-corrected chi connectivity index (χ2v) is 8.25. The first-order valence-electron chi connectivity index (χ1n) is 6.97. The van der Waals surface area contributed by atoms with Crippen LogP contribution < -0.4 is 21.3 Å². The Morgan fingerprint density at radius 1 is 1.41 bits per heavy atom. The Kier molecular flexibility index (Phi) is 2.56. The third kappa shape index (κ3) is 1.62. The van der Waals surface area contributed by atoms with Crippen molar-refractivity contribution in [2.45, 2.75) is 17.4 Å². The average Bonchev–Trinajstić information content (AvgIpc) is 2.87. The lowest BCUT2D eigenvalue weighted by molar-refractivity contribution is 0.0528. The van der Waals surface area contributed by atoms with Crippen LogP contribution >= 0.6 is 0 Å². The first-order valence-corrected chi connectivity index (χ1v) is 8.88. The van der Waals surface area contributed by atoms with Gasteiger partial charge in [-0.15, -0.1) is 0 Å². The molecule has 0 bridgehead atoms. The van der Waals surface area contributed by atoms with E-state index in [1.165, 1.54) is 6.20 Å². The summed E-state index contributed by atoms with van der Waals surface area (Å²) in [5.41, 5.74) is 0.270. The number of esters is 1. The standard InChI is InChI=1S/C14H15N3O4S/c1-2-21-14(19)7-5-16-12-11(7)6-3-9-10(22(9,15)20)4-8(6)17-13(12)18/h3-5,9-10,16,22H,2H2,1H3,(H2,15,20)(H,17,18).